The van der Waals surface area contributed by atoms with Crippen LogP contribution in [0.25, 0.3) is 0 Å². The first-order valence-corrected chi connectivity index (χ1v) is 3.58. The summed E-state index contributed by atoms with van der Waals surface area (Å²) in [5, 5.41) is 8.69. The summed E-state index contributed by atoms with van der Waals surface area (Å²) in [7, 11) is 0. The van der Waals surface area contributed by atoms with E-state index in [0.717, 1.165) is 0 Å². The molecular weight excluding hydrogens is 142 g/mol. The Bertz CT molecular complexity index is 165. The summed E-state index contributed by atoms with van der Waals surface area (Å²) in [6.45, 7) is 7.25. The van der Waals surface area contributed by atoms with Gasteiger partial charge in [0.15, 0.2) is 0 Å². The summed E-state index contributed by atoms with van der Waals surface area (Å²) < 4.78 is 0. The molecule has 0 aliphatic carbocycles. The lowest BCUT2D eigenvalue weighted by Crippen LogP contribution is -2.46. The molecule has 0 heterocycles. The van der Waals surface area contributed by atoms with Gasteiger partial charge in [0.05, 0.1) is 0 Å². The van der Waals surface area contributed by atoms with E-state index in [0.29, 0.717) is 6.42 Å². The van der Waals surface area contributed by atoms with Gasteiger partial charge in [-0.3, -0.25) is 0 Å². The lowest BCUT2D eigenvalue weighted by Gasteiger charge is -2.21. The largest absolute Gasteiger partial charge is 0.480 e. The number of nitrogens with two attached hydrogens (primary N) is 1. The highest BCUT2D eigenvalue weighted by Crippen LogP contribution is 2.15. The van der Waals surface area contributed by atoms with Crippen LogP contribution in [0.2, 0.25) is 0 Å². The fourth-order valence-corrected chi connectivity index (χ4v) is 0.933. The van der Waals surface area contributed by atoms with Crippen molar-refractivity contribution < 1.29 is 9.90 Å². The van der Waals surface area contributed by atoms with Crippen molar-refractivity contribution in [2.75, 3.05) is 0 Å². The number of carboxylic acids is 1. The average molecular weight is 157 g/mol. The van der Waals surface area contributed by atoms with Crippen LogP contribution in [0.3, 0.4) is 0 Å². The molecule has 1 atom stereocenters. The number of hydrogen-bond donors (Lipinski definition) is 2. The van der Waals surface area contributed by atoms with Crippen molar-refractivity contribution in [2.45, 2.75) is 25.8 Å². The number of carbonyl (C=O) groups is 1. The zero-order chi connectivity index (χ0) is 9.07. The maximum Gasteiger partial charge on any atom is 0.327 e. The Morgan fingerprint density at radius 2 is 2.27 bits per heavy atom. The van der Waals surface area contributed by atoms with Gasteiger partial charge in [-0.1, -0.05) is 19.9 Å². The van der Waals surface area contributed by atoms with Crippen molar-refractivity contribution in [2.24, 2.45) is 11.7 Å². The van der Waals surface area contributed by atoms with Crippen molar-refractivity contribution in [1.82, 2.24) is 0 Å². The van der Waals surface area contributed by atoms with Gasteiger partial charge in [-0.05, 0) is 12.3 Å². The van der Waals surface area contributed by atoms with Gasteiger partial charge in [0, 0.05) is 0 Å². The third-order valence-electron chi connectivity index (χ3n) is 1.51. The molecule has 0 spiro atoms. The zero-order valence-electron chi connectivity index (χ0n) is 7.00. The molecule has 0 saturated carbocycles. The molecule has 0 radical (unpaired) electrons. The van der Waals surface area contributed by atoms with Gasteiger partial charge in [0.1, 0.15) is 5.54 Å². The number of hydrogen-bond acceptors (Lipinski definition) is 2. The molecule has 0 fully saturated rings. The van der Waals surface area contributed by atoms with Crippen LogP contribution in [0.1, 0.15) is 20.3 Å². The second kappa shape index (κ2) is 3.53. The molecule has 0 amide bonds. The van der Waals surface area contributed by atoms with Crippen molar-refractivity contribution in [1.29, 1.82) is 0 Å². The first-order valence-electron chi connectivity index (χ1n) is 3.58. The van der Waals surface area contributed by atoms with Gasteiger partial charge >= 0.3 is 5.97 Å². The van der Waals surface area contributed by atoms with Crippen LogP contribution in [-0.4, -0.2) is 16.6 Å². The Hall–Kier alpha value is -0.830. The van der Waals surface area contributed by atoms with Crippen LogP contribution in [0.5, 0.6) is 0 Å². The molecule has 0 aromatic carbocycles. The Labute approximate surface area is 66.9 Å². The minimum absolute atomic E-state index is 0.258. The third kappa shape index (κ3) is 2.72. The third-order valence-corrected chi connectivity index (χ3v) is 1.51. The zero-order valence-corrected chi connectivity index (χ0v) is 7.00. The molecule has 11 heavy (non-hydrogen) atoms. The van der Waals surface area contributed by atoms with Crippen molar-refractivity contribution >= 4 is 5.97 Å². The molecule has 0 aromatic rings. The topological polar surface area (TPSA) is 63.3 Å². The first kappa shape index (κ1) is 10.2. The van der Waals surface area contributed by atoms with Gasteiger partial charge in [0.2, 0.25) is 0 Å². The Balaban J connectivity index is 4.34. The second-order valence-corrected chi connectivity index (χ2v) is 3.15. The van der Waals surface area contributed by atoms with Crippen molar-refractivity contribution in [3.63, 3.8) is 0 Å². The Morgan fingerprint density at radius 3 is 2.36 bits per heavy atom. The average Bonchev–Trinajstić information content (AvgIpc) is 1.86. The fourth-order valence-electron chi connectivity index (χ4n) is 0.933. The molecule has 0 aliphatic heterocycles. The normalized spacial score (nSPS) is 16.0. The smallest absolute Gasteiger partial charge is 0.327 e. The lowest BCUT2D eigenvalue weighted by atomic mass is 9.90. The van der Waals surface area contributed by atoms with Crippen molar-refractivity contribution in [3.8, 4) is 0 Å². The van der Waals surface area contributed by atoms with Gasteiger partial charge in [-0.15, -0.1) is 6.58 Å². The van der Waals surface area contributed by atoms with Gasteiger partial charge in [-0.25, -0.2) is 4.79 Å². The SMILES string of the molecule is C=CC(N)(CC(C)C)C(=O)O. The summed E-state index contributed by atoms with van der Waals surface area (Å²) in [6.07, 6.45) is 1.71. The molecule has 0 rings (SSSR count). The van der Waals surface area contributed by atoms with Gasteiger partial charge in [-0.2, -0.15) is 0 Å². The number of rotatable bonds is 4. The van der Waals surface area contributed by atoms with Crippen LogP contribution < -0.4 is 5.73 Å². The second-order valence-electron chi connectivity index (χ2n) is 3.15. The van der Waals surface area contributed by atoms with E-state index in [1.54, 1.807) is 0 Å². The fraction of sp³-hybridized carbons (Fsp3) is 0.625. The van der Waals surface area contributed by atoms with Crippen LogP contribution >= 0.6 is 0 Å². The predicted molar refractivity (Wildman–Crippen MR) is 44.2 cm³/mol. The van der Waals surface area contributed by atoms with E-state index in [2.05, 4.69) is 6.58 Å². The monoisotopic (exact) mass is 157 g/mol. The summed E-state index contributed by atoms with van der Waals surface area (Å²) >= 11 is 0. The van der Waals surface area contributed by atoms with Crippen LogP contribution in [0, 0.1) is 5.92 Å². The lowest BCUT2D eigenvalue weighted by molar-refractivity contribution is -0.141. The summed E-state index contributed by atoms with van der Waals surface area (Å²) in [6, 6.07) is 0. The molecule has 64 valence electrons. The molecule has 0 aromatic heterocycles. The standard InChI is InChI=1S/C8H15NO2/c1-4-8(9,7(10)11)5-6(2)3/h4,6H,1,5,9H2,2-3H3,(H,10,11). The predicted octanol–water partition coefficient (Wildman–Crippen LogP) is 1.00. The summed E-state index contributed by atoms with van der Waals surface area (Å²) in [5.41, 5.74) is 4.27. The highest BCUT2D eigenvalue weighted by atomic mass is 16.4. The summed E-state index contributed by atoms with van der Waals surface area (Å²) in [5.74, 6) is -0.754. The molecule has 3 heteroatoms. The quantitative estimate of drug-likeness (QED) is 0.598. The number of carboxylic acid groups (broad SMARTS) is 1. The van der Waals surface area contributed by atoms with E-state index in [9.17, 15) is 4.79 Å². The molecular formula is C8H15NO2. The summed E-state index contributed by atoms with van der Waals surface area (Å²) in [4.78, 5) is 10.6. The van der Waals surface area contributed by atoms with E-state index in [1.165, 1.54) is 6.08 Å². The number of aliphatic carboxylic acids is 1. The molecule has 0 aliphatic rings. The van der Waals surface area contributed by atoms with Crippen LogP contribution in [-0.2, 0) is 4.79 Å². The van der Waals surface area contributed by atoms with Crippen molar-refractivity contribution in [3.05, 3.63) is 12.7 Å². The molecule has 0 bridgehead atoms. The Morgan fingerprint density at radius 1 is 1.82 bits per heavy atom. The first-order chi connectivity index (χ1) is 4.92. The minimum Gasteiger partial charge on any atom is -0.480 e. The molecule has 1 unspecified atom stereocenters. The molecule has 3 N–H and O–H groups in total. The Kier molecular flexibility index (Phi) is 3.26. The maximum absolute atomic E-state index is 10.6. The van der Waals surface area contributed by atoms with Crippen LogP contribution in [0.4, 0.5) is 0 Å². The van der Waals surface area contributed by atoms with E-state index in [4.69, 9.17) is 10.8 Å². The molecule has 0 saturated heterocycles. The van der Waals surface area contributed by atoms with E-state index in [1.807, 2.05) is 13.8 Å². The highest BCUT2D eigenvalue weighted by molar-refractivity contribution is 5.80. The maximum atomic E-state index is 10.6. The van der Waals surface area contributed by atoms with Gasteiger partial charge in [0.25, 0.3) is 0 Å². The minimum atomic E-state index is -1.26. The van der Waals surface area contributed by atoms with Crippen LogP contribution in [0.15, 0.2) is 12.7 Å². The van der Waals surface area contributed by atoms with Gasteiger partial charge < -0.3 is 10.8 Å². The molecule has 3 nitrogen and oxygen atoms in total. The van der Waals surface area contributed by atoms with E-state index < -0.39 is 11.5 Å². The van der Waals surface area contributed by atoms with E-state index in [-0.39, 0.29) is 5.92 Å². The highest BCUT2D eigenvalue weighted by Gasteiger charge is 2.30. The van der Waals surface area contributed by atoms with E-state index >= 15 is 0 Å².